The van der Waals surface area contributed by atoms with E-state index in [1.54, 1.807) is 18.2 Å². The van der Waals surface area contributed by atoms with E-state index in [9.17, 15) is 35.4 Å². The lowest BCUT2D eigenvalue weighted by molar-refractivity contribution is -0.343. The Morgan fingerprint density at radius 1 is 1.06 bits per heavy atom. The van der Waals surface area contributed by atoms with Crippen molar-refractivity contribution in [2.45, 2.75) is 56.4 Å². The Morgan fingerprint density at radius 2 is 1.78 bits per heavy atom. The van der Waals surface area contributed by atoms with Crippen molar-refractivity contribution in [3.63, 3.8) is 0 Å². The maximum absolute atomic E-state index is 12.6. The van der Waals surface area contributed by atoms with Crippen molar-refractivity contribution in [2.75, 3.05) is 13.2 Å². The molecule has 1 aromatic rings. The van der Waals surface area contributed by atoms with Gasteiger partial charge in [-0.25, -0.2) is 4.79 Å². The third-order valence-corrected chi connectivity index (χ3v) is 7.05. The molecule has 4 rings (SSSR count). The molecule has 0 bridgehead atoms. The number of carbonyl (C=O) groups is 1. The topological polar surface area (TPSA) is 175 Å². The van der Waals surface area contributed by atoms with Crippen LogP contribution < -0.4 is 0 Å². The Hall–Kier alpha value is -2.51. The van der Waals surface area contributed by atoms with Crippen molar-refractivity contribution in [1.29, 1.82) is 0 Å². The van der Waals surface area contributed by atoms with E-state index in [2.05, 4.69) is 0 Å². The summed E-state index contributed by atoms with van der Waals surface area (Å²) in [5, 5.41) is 59.3. The van der Waals surface area contributed by atoms with Crippen LogP contribution in [0.15, 0.2) is 42.2 Å². The summed E-state index contributed by atoms with van der Waals surface area (Å²) < 4.78 is 22.7. The summed E-state index contributed by atoms with van der Waals surface area (Å²) in [7, 11) is 0. The number of aliphatic hydroxyl groups is 5. The van der Waals surface area contributed by atoms with Gasteiger partial charge in [-0.2, -0.15) is 0 Å². The highest BCUT2D eigenvalue weighted by Gasteiger charge is 2.54. The highest BCUT2D eigenvalue weighted by Crippen LogP contribution is 2.48. The van der Waals surface area contributed by atoms with Gasteiger partial charge in [0.05, 0.1) is 12.9 Å². The molecule has 1 aliphatic carbocycles. The smallest absolute Gasteiger partial charge is 0.331 e. The largest absolute Gasteiger partial charge is 0.508 e. The van der Waals surface area contributed by atoms with E-state index in [-0.39, 0.29) is 24.2 Å². The minimum Gasteiger partial charge on any atom is -0.508 e. The number of hydrogen-bond donors (Lipinski definition) is 6. The first-order chi connectivity index (χ1) is 17.2. The van der Waals surface area contributed by atoms with E-state index in [0.717, 1.165) is 5.57 Å². The van der Waals surface area contributed by atoms with Gasteiger partial charge in [0.1, 0.15) is 36.3 Å². The molecule has 1 saturated heterocycles. The molecule has 36 heavy (non-hydrogen) atoms. The number of aliphatic hydroxyl groups excluding tert-OH is 5. The summed E-state index contributed by atoms with van der Waals surface area (Å²) in [4.78, 5) is 12.6. The molecule has 2 fully saturated rings. The monoisotopic (exact) mass is 508 g/mol. The van der Waals surface area contributed by atoms with E-state index in [4.69, 9.17) is 18.9 Å². The number of esters is 1. The number of hydrogen-bond acceptors (Lipinski definition) is 11. The number of carbonyl (C=O) groups excluding carboxylic acids is 1. The van der Waals surface area contributed by atoms with Crippen LogP contribution in [0.2, 0.25) is 0 Å². The van der Waals surface area contributed by atoms with Crippen molar-refractivity contribution in [3.8, 4) is 5.75 Å². The second kappa shape index (κ2) is 11.3. The van der Waals surface area contributed by atoms with Crippen LogP contribution in [0.5, 0.6) is 5.75 Å². The molecule has 0 aromatic heterocycles. The van der Waals surface area contributed by atoms with Gasteiger partial charge < -0.3 is 49.6 Å². The lowest BCUT2D eigenvalue weighted by Crippen LogP contribution is -2.60. The van der Waals surface area contributed by atoms with E-state index < -0.39 is 61.6 Å². The van der Waals surface area contributed by atoms with Crippen molar-refractivity contribution < 1.29 is 54.4 Å². The minimum atomic E-state index is -1.61. The Labute approximate surface area is 207 Å². The van der Waals surface area contributed by atoms with E-state index in [1.807, 2.05) is 6.92 Å². The van der Waals surface area contributed by atoms with Gasteiger partial charge in [-0.3, -0.25) is 0 Å². The van der Waals surface area contributed by atoms with Crippen LogP contribution in [0, 0.1) is 17.8 Å². The van der Waals surface area contributed by atoms with Crippen LogP contribution in [-0.2, 0) is 23.7 Å². The molecule has 2 aliphatic heterocycles. The van der Waals surface area contributed by atoms with Gasteiger partial charge >= 0.3 is 5.97 Å². The molecule has 3 aliphatic rings. The maximum atomic E-state index is 12.6. The molecule has 10 unspecified atom stereocenters. The zero-order valence-corrected chi connectivity index (χ0v) is 19.7. The predicted molar refractivity (Wildman–Crippen MR) is 123 cm³/mol. The molecule has 1 aromatic carbocycles. The fourth-order valence-corrected chi connectivity index (χ4v) is 5.17. The summed E-state index contributed by atoms with van der Waals surface area (Å²) in [5.74, 6) is -1.64. The van der Waals surface area contributed by atoms with Gasteiger partial charge in [0.2, 0.25) is 6.29 Å². The van der Waals surface area contributed by atoms with E-state index in [0.29, 0.717) is 12.0 Å². The van der Waals surface area contributed by atoms with Gasteiger partial charge in [0, 0.05) is 24.5 Å². The zero-order valence-electron chi connectivity index (χ0n) is 19.7. The average molecular weight is 509 g/mol. The molecule has 1 saturated carbocycles. The average Bonchev–Trinajstić information content (AvgIpc) is 3.24. The first-order valence-electron chi connectivity index (χ1n) is 11.8. The number of benzene rings is 1. The molecular formula is C25H32O11. The summed E-state index contributed by atoms with van der Waals surface area (Å²) in [5.41, 5.74) is 1.49. The van der Waals surface area contributed by atoms with Gasteiger partial charge in [0.25, 0.3) is 0 Å². The number of ether oxygens (including phenoxy) is 4. The summed E-state index contributed by atoms with van der Waals surface area (Å²) >= 11 is 0. The molecule has 0 radical (unpaired) electrons. The SMILES string of the molecule is CC1=COC(OC2OC(CO)C(O)C(O)C2O)C2C(CO)CC(OC(=O)/C=C/c3ccc(O)cc3)C12. The molecule has 6 N–H and O–H groups in total. The number of aromatic hydroxyl groups is 1. The normalized spacial score (nSPS) is 38.3. The standard InChI is InChI=1S/C25H32O11/c1-12-11-33-24(36-25-23(32)22(31)21(30)17(10-27)35-25)20-14(9-26)8-16(19(12)20)34-18(29)7-4-13-2-5-15(28)6-3-13/h2-7,11,14,16-17,19-28,30-32H,8-10H2,1H3/b7-4+. The van der Waals surface area contributed by atoms with Crippen molar-refractivity contribution in [3.05, 3.63) is 47.7 Å². The van der Waals surface area contributed by atoms with Crippen molar-refractivity contribution in [1.82, 2.24) is 0 Å². The first kappa shape index (κ1) is 26.6. The van der Waals surface area contributed by atoms with Crippen LogP contribution in [0.1, 0.15) is 18.9 Å². The highest BCUT2D eigenvalue weighted by atomic mass is 16.8. The molecule has 11 nitrogen and oxygen atoms in total. The number of fused-ring (bicyclic) bond motifs is 1. The third-order valence-electron chi connectivity index (χ3n) is 7.05. The maximum Gasteiger partial charge on any atom is 0.331 e. The van der Waals surface area contributed by atoms with Crippen LogP contribution in [0.25, 0.3) is 6.08 Å². The number of rotatable bonds is 7. The summed E-state index contributed by atoms with van der Waals surface area (Å²) in [6.07, 6.45) is -4.24. The summed E-state index contributed by atoms with van der Waals surface area (Å²) in [6, 6.07) is 6.31. The number of phenolic OH excluding ortho intramolecular Hbond substituents is 1. The second-order valence-electron chi connectivity index (χ2n) is 9.38. The zero-order chi connectivity index (χ0) is 26.0. The Morgan fingerprint density at radius 3 is 2.44 bits per heavy atom. The third kappa shape index (κ3) is 5.42. The van der Waals surface area contributed by atoms with Crippen LogP contribution >= 0.6 is 0 Å². The quantitative estimate of drug-likeness (QED) is 0.209. The Balaban J connectivity index is 1.47. The van der Waals surface area contributed by atoms with Gasteiger partial charge in [-0.15, -0.1) is 0 Å². The molecule has 2 heterocycles. The summed E-state index contributed by atoms with van der Waals surface area (Å²) in [6.45, 7) is 0.981. The van der Waals surface area contributed by atoms with E-state index >= 15 is 0 Å². The van der Waals surface area contributed by atoms with Crippen molar-refractivity contribution in [2.24, 2.45) is 17.8 Å². The van der Waals surface area contributed by atoms with Gasteiger partial charge in [-0.05, 0) is 48.6 Å². The molecule has 11 heteroatoms. The molecular weight excluding hydrogens is 476 g/mol. The first-order valence-corrected chi connectivity index (χ1v) is 11.8. The Kier molecular flexibility index (Phi) is 8.30. The predicted octanol–water partition coefficient (Wildman–Crippen LogP) is -0.362. The molecule has 198 valence electrons. The van der Waals surface area contributed by atoms with Gasteiger partial charge in [-0.1, -0.05) is 12.1 Å². The Bertz CT molecular complexity index is 959. The van der Waals surface area contributed by atoms with Crippen molar-refractivity contribution >= 4 is 12.0 Å². The van der Waals surface area contributed by atoms with Crippen LogP contribution in [-0.4, -0.2) is 92.9 Å². The van der Waals surface area contributed by atoms with Crippen LogP contribution in [0.3, 0.4) is 0 Å². The van der Waals surface area contributed by atoms with Gasteiger partial charge in [0.15, 0.2) is 6.29 Å². The molecule has 0 amide bonds. The highest BCUT2D eigenvalue weighted by molar-refractivity contribution is 5.87. The van der Waals surface area contributed by atoms with Crippen LogP contribution in [0.4, 0.5) is 0 Å². The minimum absolute atomic E-state index is 0.115. The molecule has 10 atom stereocenters. The molecule has 0 spiro atoms. The fourth-order valence-electron chi connectivity index (χ4n) is 5.17. The van der Waals surface area contributed by atoms with E-state index in [1.165, 1.54) is 24.5 Å². The fraction of sp³-hybridized carbons (Fsp3) is 0.560. The lowest BCUT2D eigenvalue weighted by atomic mass is 9.83. The second-order valence-corrected chi connectivity index (χ2v) is 9.38. The lowest BCUT2D eigenvalue weighted by Gasteiger charge is -2.43. The number of phenols is 1.